The second kappa shape index (κ2) is 10.6. The van der Waals surface area contributed by atoms with E-state index in [9.17, 15) is 19.2 Å². The van der Waals surface area contributed by atoms with Crippen molar-refractivity contribution in [2.75, 3.05) is 5.88 Å². The molecule has 1 heterocycles. The number of amides is 3. The molecule has 0 unspecified atom stereocenters. The Balaban J connectivity index is 1.61. The number of hydrazine groups is 1. The molecule has 0 spiro atoms. The van der Waals surface area contributed by atoms with Gasteiger partial charge in [-0.15, -0.1) is 11.6 Å². The molecule has 5 rings (SSSR count). The summed E-state index contributed by atoms with van der Waals surface area (Å²) in [5, 5.41) is 2.48. The third-order valence-corrected chi connectivity index (χ3v) is 11.6. The molecule has 2 bridgehead atoms. The van der Waals surface area contributed by atoms with Crippen LogP contribution in [0.15, 0.2) is 48.5 Å². The fourth-order valence-corrected chi connectivity index (χ4v) is 8.37. The van der Waals surface area contributed by atoms with E-state index in [2.05, 4.69) is 31.9 Å². The van der Waals surface area contributed by atoms with Crippen LogP contribution in [0.4, 0.5) is 0 Å². The molecule has 11 heteroatoms. The van der Waals surface area contributed by atoms with E-state index in [0.29, 0.717) is 5.02 Å². The maximum Gasteiger partial charge on any atom is 0.275 e. The number of hydrogen-bond acceptors (Lipinski definition) is 4. The van der Waals surface area contributed by atoms with Gasteiger partial charge in [0.2, 0.25) is 0 Å². The van der Waals surface area contributed by atoms with E-state index < -0.39 is 41.4 Å². The molecule has 1 saturated heterocycles. The van der Waals surface area contributed by atoms with Crippen molar-refractivity contribution in [3.8, 4) is 0 Å². The first-order valence-electron chi connectivity index (χ1n) is 11.8. The van der Waals surface area contributed by atoms with E-state index in [0.717, 1.165) is 16.4 Å². The van der Waals surface area contributed by atoms with Gasteiger partial charge in [-0.1, -0.05) is 67.2 Å². The summed E-state index contributed by atoms with van der Waals surface area (Å²) in [6.45, 7) is 0. The van der Waals surface area contributed by atoms with Crippen molar-refractivity contribution < 1.29 is 19.2 Å². The molecule has 0 radical (unpaired) electrons. The number of ketones is 1. The maximum absolute atomic E-state index is 14.0. The Hall–Kier alpha value is -1.45. The van der Waals surface area contributed by atoms with Crippen LogP contribution in [0, 0.1) is 23.7 Å². The number of imide groups is 1. The topological polar surface area (TPSA) is 74.8 Å². The molecular formula is C26H21Br2Cl3N2O4. The van der Waals surface area contributed by atoms with Crippen molar-refractivity contribution in [1.29, 1.82) is 0 Å². The molecule has 37 heavy (non-hydrogen) atoms. The fraction of sp³-hybridized carbons (Fsp3) is 0.385. The molecule has 2 aliphatic carbocycles. The summed E-state index contributed by atoms with van der Waals surface area (Å²) in [5.74, 6) is -3.38. The fourth-order valence-electron chi connectivity index (χ4n) is 5.95. The number of alkyl halides is 3. The summed E-state index contributed by atoms with van der Waals surface area (Å²) in [5.41, 5.74) is 0.349. The predicted octanol–water partition coefficient (Wildman–Crippen LogP) is 6.01. The standard InChI is InChI=1S/C26H21Br2Cl3N2O4/c27-21-15-11-16(22(21)28)20-19(15)25(36)33(26(20)37)32(24(35)14-3-1-2-4-17(14)31)18(9-10-29)23(34)12-5-7-13(30)8-6-12/h1-8,15-16,18-22H,9-11H2/t15-,16-,18+,19-,20-,21+,22+/m1/s1. The summed E-state index contributed by atoms with van der Waals surface area (Å²) >= 11 is 25.8. The summed E-state index contributed by atoms with van der Waals surface area (Å²) in [6, 6.07) is 11.3. The molecule has 3 fully saturated rings. The zero-order valence-corrected chi connectivity index (χ0v) is 24.6. The molecule has 194 valence electrons. The number of carbonyl (C=O) groups excluding carboxylic acids is 4. The quantitative estimate of drug-likeness (QED) is 0.203. The van der Waals surface area contributed by atoms with Crippen molar-refractivity contribution in [2.45, 2.75) is 28.5 Å². The van der Waals surface area contributed by atoms with Crippen LogP contribution in [0.5, 0.6) is 0 Å². The molecule has 2 aromatic carbocycles. The minimum atomic E-state index is -1.22. The number of nitrogens with zero attached hydrogens (tertiary/aromatic N) is 2. The smallest absolute Gasteiger partial charge is 0.275 e. The van der Waals surface area contributed by atoms with Gasteiger partial charge in [0.1, 0.15) is 6.04 Å². The number of benzene rings is 2. The predicted molar refractivity (Wildman–Crippen MR) is 148 cm³/mol. The zero-order valence-electron chi connectivity index (χ0n) is 19.2. The Morgan fingerprint density at radius 2 is 1.51 bits per heavy atom. The van der Waals surface area contributed by atoms with Gasteiger partial charge in [-0.3, -0.25) is 19.2 Å². The van der Waals surface area contributed by atoms with E-state index in [1.165, 1.54) is 24.3 Å². The Labute approximate surface area is 245 Å². The van der Waals surface area contributed by atoms with Crippen molar-refractivity contribution in [3.05, 3.63) is 69.7 Å². The number of fused-ring (bicyclic) bond motifs is 5. The van der Waals surface area contributed by atoms with Gasteiger partial charge in [0.25, 0.3) is 17.7 Å². The average molecular weight is 692 g/mol. The average Bonchev–Trinajstić information content (AvgIpc) is 3.49. The second-order valence-corrected chi connectivity index (χ2v) is 12.8. The first-order chi connectivity index (χ1) is 17.7. The van der Waals surface area contributed by atoms with E-state index >= 15 is 0 Å². The van der Waals surface area contributed by atoms with Crippen molar-refractivity contribution in [1.82, 2.24) is 10.0 Å². The third-order valence-electron chi connectivity index (χ3n) is 7.60. The highest BCUT2D eigenvalue weighted by Crippen LogP contribution is 2.60. The summed E-state index contributed by atoms with van der Waals surface area (Å²) < 4.78 is 0. The van der Waals surface area contributed by atoms with Gasteiger partial charge in [-0.2, -0.15) is 5.01 Å². The van der Waals surface area contributed by atoms with Crippen LogP contribution in [0.2, 0.25) is 10.0 Å². The van der Waals surface area contributed by atoms with Gasteiger partial charge < -0.3 is 0 Å². The van der Waals surface area contributed by atoms with E-state index in [1.807, 2.05) is 0 Å². The van der Waals surface area contributed by atoms with Crippen molar-refractivity contribution >= 4 is 90.2 Å². The lowest BCUT2D eigenvalue weighted by Gasteiger charge is -2.37. The van der Waals surface area contributed by atoms with E-state index in [-0.39, 0.29) is 49.9 Å². The molecule has 1 aliphatic heterocycles. The molecular weight excluding hydrogens is 670 g/mol. The number of hydrogen-bond donors (Lipinski definition) is 0. The third kappa shape index (κ3) is 4.46. The van der Waals surface area contributed by atoms with E-state index in [4.69, 9.17) is 34.8 Å². The van der Waals surface area contributed by atoms with Gasteiger partial charge >= 0.3 is 0 Å². The minimum absolute atomic E-state index is 0.0115. The Bertz CT molecular complexity index is 1240. The molecule has 6 nitrogen and oxygen atoms in total. The number of Topliss-reactive ketones (excluding diaryl/α,β-unsaturated/α-hetero) is 1. The SMILES string of the molecule is O=C(c1ccc(Cl)cc1)[C@H](CCCl)N(C(=O)c1ccccc1Cl)N1C(=O)[C@@H]2[C@H]3C[C@@H]([C@H](Br)[C@H]3Br)[C@H]2C1=O. The Kier molecular flexibility index (Phi) is 7.78. The largest absolute Gasteiger partial charge is 0.292 e. The Morgan fingerprint density at radius 3 is 2.05 bits per heavy atom. The van der Waals surface area contributed by atoms with Gasteiger partial charge in [-0.25, -0.2) is 5.01 Å². The monoisotopic (exact) mass is 688 g/mol. The molecule has 2 saturated carbocycles. The summed E-state index contributed by atoms with van der Waals surface area (Å²) in [6.07, 6.45) is 0.750. The first-order valence-corrected chi connectivity index (χ1v) is 14.9. The van der Waals surface area contributed by atoms with Gasteiger partial charge in [-0.05, 0) is 61.1 Å². The van der Waals surface area contributed by atoms with Crippen molar-refractivity contribution in [3.63, 3.8) is 0 Å². The van der Waals surface area contributed by atoms with Crippen LogP contribution in [0.1, 0.15) is 33.6 Å². The molecule has 0 aromatic heterocycles. The number of halogens is 5. The summed E-state index contributed by atoms with van der Waals surface area (Å²) in [4.78, 5) is 55.7. The Morgan fingerprint density at radius 1 is 0.946 bits per heavy atom. The highest BCUT2D eigenvalue weighted by Gasteiger charge is 2.68. The lowest BCUT2D eigenvalue weighted by molar-refractivity contribution is -0.157. The van der Waals surface area contributed by atoms with Gasteiger partial charge in [0.05, 0.1) is 22.4 Å². The molecule has 3 amide bonds. The van der Waals surface area contributed by atoms with Crippen LogP contribution in [0.25, 0.3) is 0 Å². The number of rotatable bonds is 7. The highest BCUT2D eigenvalue weighted by molar-refractivity contribution is 9.12. The van der Waals surface area contributed by atoms with E-state index in [1.54, 1.807) is 24.3 Å². The summed E-state index contributed by atoms with van der Waals surface area (Å²) in [7, 11) is 0. The lowest BCUT2D eigenvalue weighted by atomic mass is 9.81. The normalized spacial score (nSPS) is 28.9. The van der Waals surface area contributed by atoms with Crippen LogP contribution in [-0.4, -0.2) is 55.1 Å². The highest BCUT2D eigenvalue weighted by atomic mass is 79.9. The molecule has 3 aliphatic rings. The maximum atomic E-state index is 14.0. The molecule has 0 N–H and O–H groups in total. The van der Waals surface area contributed by atoms with Crippen LogP contribution in [-0.2, 0) is 9.59 Å². The van der Waals surface area contributed by atoms with Gasteiger partial charge in [0, 0.05) is 26.1 Å². The molecule has 2 aromatic rings. The lowest BCUT2D eigenvalue weighted by Crippen LogP contribution is -2.58. The second-order valence-electron chi connectivity index (χ2n) is 9.49. The van der Waals surface area contributed by atoms with Crippen LogP contribution < -0.4 is 0 Å². The minimum Gasteiger partial charge on any atom is -0.292 e. The van der Waals surface area contributed by atoms with Crippen molar-refractivity contribution in [2.24, 2.45) is 23.7 Å². The number of carbonyl (C=O) groups is 4. The molecule has 7 atom stereocenters. The van der Waals surface area contributed by atoms with Crippen LogP contribution >= 0.6 is 66.7 Å². The first kappa shape index (κ1) is 27.1. The van der Waals surface area contributed by atoms with Crippen LogP contribution in [0.3, 0.4) is 0 Å². The van der Waals surface area contributed by atoms with Gasteiger partial charge in [0.15, 0.2) is 5.78 Å². The zero-order chi connectivity index (χ0) is 26.6.